The average Bonchev–Trinajstić information content (AvgIpc) is 2.97. The minimum Gasteiger partial charge on any atom is -0.362 e. The van der Waals surface area contributed by atoms with Crippen molar-refractivity contribution in [2.24, 2.45) is 0 Å². The largest absolute Gasteiger partial charge is 0.362 e. The normalized spacial score (nSPS) is 12.1. The molecule has 6 nitrogen and oxygen atoms in total. The van der Waals surface area contributed by atoms with Gasteiger partial charge in [-0.1, -0.05) is 23.4 Å². The molecule has 22 heavy (non-hydrogen) atoms. The van der Waals surface area contributed by atoms with Gasteiger partial charge in [0.15, 0.2) is 0 Å². The molecule has 2 aromatic heterocycles. The first kappa shape index (κ1) is 14.2. The molecule has 0 bridgehead atoms. The highest BCUT2D eigenvalue weighted by molar-refractivity contribution is 5.38. The first-order valence-electron chi connectivity index (χ1n) is 7.18. The molecule has 1 unspecified atom stereocenters. The lowest BCUT2D eigenvalue weighted by molar-refractivity contribution is 0.778. The average molecular weight is 294 g/mol. The molecular weight excluding hydrogens is 276 g/mol. The van der Waals surface area contributed by atoms with E-state index in [1.54, 1.807) is 4.68 Å². The van der Waals surface area contributed by atoms with Gasteiger partial charge in [0.2, 0.25) is 0 Å². The van der Waals surface area contributed by atoms with Crippen LogP contribution in [0, 0.1) is 13.8 Å². The second kappa shape index (κ2) is 5.93. The summed E-state index contributed by atoms with van der Waals surface area (Å²) < 4.78 is 1.77. The smallest absolute Gasteiger partial charge is 0.130 e. The molecular formula is C16H18N6. The summed E-state index contributed by atoms with van der Waals surface area (Å²) in [5.41, 5.74) is 2.79. The van der Waals surface area contributed by atoms with Crippen molar-refractivity contribution in [3.05, 3.63) is 59.8 Å². The summed E-state index contributed by atoms with van der Waals surface area (Å²) in [6.45, 7) is 5.87. The fourth-order valence-electron chi connectivity index (χ4n) is 2.27. The van der Waals surface area contributed by atoms with Gasteiger partial charge in [0, 0.05) is 11.8 Å². The molecule has 1 N–H and O–H groups in total. The predicted molar refractivity (Wildman–Crippen MR) is 84.9 cm³/mol. The molecule has 6 heteroatoms. The van der Waals surface area contributed by atoms with Crippen molar-refractivity contribution in [3.8, 4) is 5.69 Å². The molecule has 0 fully saturated rings. The Kier molecular flexibility index (Phi) is 3.82. The van der Waals surface area contributed by atoms with Crippen molar-refractivity contribution in [2.75, 3.05) is 5.32 Å². The highest BCUT2D eigenvalue weighted by atomic mass is 15.4. The van der Waals surface area contributed by atoms with Crippen molar-refractivity contribution in [2.45, 2.75) is 26.8 Å². The molecule has 2 heterocycles. The molecule has 1 atom stereocenters. The van der Waals surface area contributed by atoms with Crippen LogP contribution in [-0.2, 0) is 0 Å². The lowest BCUT2D eigenvalue weighted by Crippen LogP contribution is -2.09. The van der Waals surface area contributed by atoms with Gasteiger partial charge in [0.1, 0.15) is 17.3 Å². The zero-order valence-electron chi connectivity index (χ0n) is 12.9. The molecule has 1 aromatic carbocycles. The van der Waals surface area contributed by atoms with Crippen LogP contribution in [0.4, 0.5) is 5.82 Å². The number of aromatic nitrogens is 5. The maximum Gasteiger partial charge on any atom is 0.130 e. The quantitative estimate of drug-likeness (QED) is 0.801. The van der Waals surface area contributed by atoms with E-state index >= 15 is 0 Å². The number of hydrogen-bond donors (Lipinski definition) is 1. The topological polar surface area (TPSA) is 68.5 Å². The molecule has 0 radical (unpaired) electrons. The second-order valence-electron chi connectivity index (χ2n) is 5.23. The van der Waals surface area contributed by atoms with E-state index in [0.717, 1.165) is 28.7 Å². The Bertz CT molecular complexity index is 745. The van der Waals surface area contributed by atoms with Crippen LogP contribution in [0.15, 0.2) is 42.6 Å². The molecule has 0 saturated carbocycles. The Labute approximate surface area is 129 Å². The third-order valence-corrected chi connectivity index (χ3v) is 3.31. The van der Waals surface area contributed by atoms with E-state index in [0.29, 0.717) is 0 Å². The fraction of sp³-hybridized carbons (Fsp3) is 0.250. The van der Waals surface area contributed by atoms with Crippen LogP contribution < -0.4 is 5.32 Å². The van der Waals surface area contributed by atoms with Crippen molar-refractivity contribution in [1.82, 2.24) is 25.0 Å². The summed E-state index contributed by atoms with van der Waals surface area (Å²) in [6.07, 6.45) is 1.92. The predicted octanol–water partition coefficient (Wildman–Crippen LogP) is 2.85. The third kappa shape index (κ3) is 3.11. The number of nitrogens with zero attached hydrogens (tertiary/aromatic N) is 5. The van der Waals surface area contributed by atoms with E-state index in [1.165, 1.54) is 0 Å². The molecule has 3 aromatic rings. The minimum absolute atomic E-state index is 0.00571. The van der Waals surface area contributed by atoms with Crippen LogP contribution in [0.1, 0.15) is 30.2 Å². The van der Waals surface area contributed by atoms with Gasteiger partial charge in [-0.05, 0) is 32.9 Å². The van der Waals surface area contributed by atoms with Crippen LogP contribution in [0.2, 0.25) is 0 Å². The highest BCUT2D eigenvalue weighted by Crippen LogP contribution is 2.17. The van der Waals surface area contributed by atoms with Gasteiger partial charge in [-0.25, -0.2) is 14.6 Å². The fourth-order valence-corrected chi connectivity index (χ4v) is 2.27. The van der Waals surface area contributed by atoms with Crippen LogP contribution in [0.5, 0.6) is 0 Å². The maximum atomic E-state index is 4.39. The van der Waals surface area contributed by atoms with Crippen molar-refractivity contribution in [3.63, 3.8) is 0 Å². The minimum atomic E-state index is 0.00571. The Balaban J connectivity index is 1.78. The lowest BCUT2D eigenvalue weighted by atomic mass is 10.2. The third-order valence-electron chi connectivity index (χ3n) is 3.31. The van der Waals surface area contributed by atoms with Gasteiger partial charge in [-0.15, -0.1) is 5.10 Å². The molecule has 0 amide bonds. The van der Waals surface area contributed by atoms with Gasteiger partial charge < -0.3 is 5.32 Å². The van der Waals surface area contributed by atoms with Gasteiger partial charge in [0.05, 0.1) is 17.9 Å². The first-order chi connectivity index (χ1) is 10.6. The molecule has 0 spiro atoms. The highest BCUT2D eigenvalue weighted by Gasteiger charge is 2.12. The summed E-state index contributed by atoms with van der Waals surface area (Å²) >= 11 is 0. The first-order valence-corrected chi connectivity index (χ1v) is 7.18. The molecule has 0 saturated heterocycles. The van der Waals surface area contributed by atoms with Crippen molar-refractivity contribution in [1.29, 1.82) is 0 Å². The van der Waals surface area contributed by atoms with Crippen molar-refractivity contribution < 1.29 is 0 Å². The Morgan fingerprint density at radius 3 is 2.59 bits per heavy atom. The van der Waals surface area contributed by atoms with Crippen molar-refractivity contribution >= 4 is 5.82 Å². The van der Waals surface area contributed by atoms with Gasteiger partial charge >= 0.3 is 0 Å². The molecule has 0 aliphatic heterocycles. The number of hydrogen-bond acceptors (Lipinski definition) is 5. The van der Waals surface area contributed by atoms with E-state index in [9.17, 15) is 0 Å². The second-order valence-corrected chi connectivity index (χ2v) is 5.23. The number of rotatable bonds is 4. The van der Waals surface area contributed by atoms with E-state index in [1.807, 2.05) is 63.4 Å². The van der Waals surface area contributed by atoms with E-state index < -0.39 is 0 Å². The monoisotopic (exact) mass is 294 g/mol. The standard InChI is InChI=1S/C16H18N6/c1-11-9-16(19-13(3)17-11)18-12(2)15-10-22(21-20-15)14-7-5-4-6-8-14/h4-10,12H,1-3H3,(H,17,18,19). The van der Waals surface area contributed by atoms with Gasteiger partial charge in [-0.2, -0.15) is 0 Å². The Morgan fingerprint density at radius 2 is 1.86 bits per heavy atom. The van der Waals surface area contributed by atoms with Gasteiger partial charge in [-0.3, -0.25) is 0 Å². The number of anilines is 1. The number of para-hydroxylation sites is 1. The molecule has 3 rings (SSSR count). The van der Waals surface area contributed by atoms with E-state index in [2.05, 4.69) is 25.6 Å². The Hall–Kier alpha value is -2.76. The van der Waals surface area contributed by atoms with Gasteiger partial charge in [0.25, 0.3) is 0 Å². The number of aryl methyl sites for hydroxylation is 2. The SMILES string of the molecule is Cc1cc(NC(C)c2cn(-c3ccccc3)nn2)nc(C)n1. The summed E-state index contributed by atoms with van der Waals surface area (Å²) in [5, 5.41) is 11.8. The molecule has 0 aliphatic carbocycles. The lowest BCUT2D eigenvalue weighted by Gasteiger charge is -2.12. The summed E-state index contributed by atoms with van der Waals surface area (Å²) in [5.74, 6) is 1.55. The molecule has 0 aliphatic rings. The summed E-state index contributed by atoms with van der Waals surface area (Å²) in [7, 11) is 0. The zero-order valence-corrected chi connectivity index (χ0v) is 12.9. The van der Waals surface area contributed by atoms with E-state index in [4.69, 9.17) is 0 Å². The number of nitrogens with one attached hydrogen (secondary N) is 1. The zero-order chi connectivity index (χ0) is 15.5. The van der Waals surface area contributed by atoms with Crippen LogP contribution >= 0.6 is 0 Å². The summed E-state index contributed by atoms with van der Waals surface area (Å²) in [4.78, 5) is 8.66. The maximum absolute atomic E-state index is 4.39. The molecule has 112 valence electrons. The van der Waals surface area contributed by atoms with Crippen LogP contribution in [0.25, 0.3) is 5.69 Å². The number of benzene rings is 1. The summed E-state index contributed by atoms with van der Waals surface area (Å²) in [6, 6.07) is 11.8. The Morgan fingerprint density at radius 1 is 1.09 bits per heavy atom. The van der Waals surface area contributed by atoms with E-state index in [-0.39, 0.29) is 6.04 Å². The van der Waals surface area contributed by atoms with Crippen LogP contribution in [-0.4, -0.2) is 25.0 Å². The van der Waals surface area contributed by atoms with Crippen LogP contribution in [0.3, 0.4) is 0 Å².